The number of hydrogen-bond donors (Lipinski definition) is 2. The summed E-state index contributed by atoms with van der Waals surface area (Å²) < 4.78 is 7.43. The number of rotatable bonds is 9. The maximum Gasteiger partial charge on any atom is 0.250 e. The predicted molar refractivity (Wildman–Crippen MR) is 135 cm³/mol. The molecule has 0 saturated carbocycles. The van der Waals surface area contributed by atoms with Crippen LogP contribution in [-0.2, 0) is 4.79 Å². The predicted octanol–water partition coefficient (Wildman–Crippen LogP) is 4.07. The van der Waals surface area contributed by atoms with Crippen LogP contribution in [-0.4, -0.2) is 48.8 Å². The molecule has 2 N–H and O–H groups in total. The Morgan fingerprint density at radius 2 is 1.91 bits per heavy atom. The highest BCUT2D eigenvalue weighted by Crippen LogP contribution is 2.28. The first kappa shape index (κ1) is 24.0. The molecule has 4 rings (SSSR count). The number of ether oxygens (including phenoxy) is 1. The van der Waals surface area contributed by atoms with E-state index < -0.39 is 0 Å². The lowest BCUT2D eigenvalue weighted by Crippen LogP contribution is -2.21. The third-order valence-electron chi connectivity index (χ3n) is 4.93. The number of amides is 1. The van der Waals surface area contributed by atoms with Crippen molar-refractivity contribution >= 4 is 23.4 Å². The molecule has 0 unspecified atom stereocenters. The zero-order valence-electron chi connectivity index (χ0n) is 19.3. The number of nitrogens with zero attached hydrogens (tertiary/aromatic N) is 5. The molecule has 35 heavy (non-hydrogen) atoms. The van der Waals surface area contributed by atoms with Crippen LogP contribution >= 0.6 is 11.8 Å². The molecule has 0 bridgehead atoms. The van der Waals surface area contributed by atoms with Gasteiger partial charge in [-0.1, -0.05) is 23.9 Å². The maximum absolute atomic E-state index is 12.5. The van der Waals surface area contributed by atoms with Crippen LogP contribution in [0, 0.1) is 0 Å². The van der Waals surface area contributed by atoms with Crippen molar-refractivity contribution in [3.8, 4) is 28.6 Å². The van der Waals surface area contributed by atoms with E-state index in [4.69, 9.17) is 4.74 Å². The Labute approximate surface area is 206 Å². The summed E-state index contributed by atoms with van der Waals surface area (Å²) in [5.41, 5.74) is 5.21. The molecule has 10 heteroatoms. The van der Waals surface area contributed by atoms with E-state index in [0.29, 0.717) is 28.9 Å². The van der Waals surface area contributed by atoms with E-state index >= 15 is 0 Å². The average Bonchev–Trinajstić information content (AvgIpc) is 3.31. The minimum absolute atomic E-state index is 0.0692. The first-order valence-corrected chi connectivity index (χ1v) is 11.9. The quantitative estimate of drug-likeness (QED) is 0.207. The van der Waals surface area contributed by atoms with E-state index in [1.54, 1.807) is 43.6 Å². The largest absolute Gasteiger partial charge is 0.507 e. The second-order valence-electron chi connectivity index (χ2n) is 7.35. The van der Waals surface area contributed by atoms with Gasteiger partial charge in [0, 0.05) is 29.2 Å². The molecule has 0 fully saturated rings. The number of para-hydroxylation sites is 1. The van der Waals surface area contributed by atoms with Crippen LogP contribution < -0.4 is 10.2 Å². The Bertz CT molecular complexity index is 1320. The number of hydrazone groups is 1. The number of nitrogens with one attached hydrogen (secondary N) is 1. The zero-order chi connectivity index (χ0) is 24.6. The van der Waals surface area contributed by atoms with E-state index in [1.807, 2.05) is 47.9 Å². The summed E-state index contributed by atoms with van der Waals surface area (Å²) in [6.07, 6.45) is 3.41. The van der Waals surface area contributed by atoms with Gasteiger partial charge >= 0.3 is 0 Å². The fourth-order valence-corrected chi connectivity index (χ4v) is 4.03. The van der Waals surface area contributed by atoms with Crippen molar-refractivity contribution in [1.82, 2.24) is 25.2 Å². The van der Waals surface area contributed by atoms with Crippen molar-refractivity contribution in [3.63, 3.8) is 0 Å². The Kier molecular flexibility index (Phi) is 7.74. The van der Waals surface area contributed by atoms with E-state index in [1.165, 1.54) is 11.8 Å². The maximum atomic E-state index is 12.5. The lowest BCUT2D eigenvalue weighted by Gasteiger charge is -2.11. The molecule has 0 radical (unpaired) electrons. The summed E-state index contributed by atoms with van der Waals surface area (Å²) >= 11 is 1.24. The molecule has 0 aliphatic rings. The van der Waals surface area contributed by atoms with Crippen LogP contribution in [0.5, 0.6) is 11.5 Å². The Balaban J connectivity index is 1.53. The molecule has 0 spiro atoms. The van der Waals surface area contributed by atoms with Crippen molar-refractivity contribution in [3.05, 3.63) is 78.6 Å². The fourth-order valence-electron chi connectivity index (χ4n) is 3.28. The molecule has 178 valence electrons. The number of carbonyl (C=O) groups is 1. The van der Waals surface area contributed by atoms with Gasteiger partial charge in [0.2, 0.25) is 0 Å². The summed E-state index contributed by atoms with van der Waals surface area (Å²) in [7, 11) is 0. The van der Waals surface area contributed by atoms with E-state index in [9.17, 15) is 9.90 Å². The number of thioether (sulfide) groups is 1. The Morgan fingerprint density at radius 3 is 2.63 bits per heavy atom. The van der Waals surface area contributed by atoms with Crippen LogP contribution in [0.15, 0.2) is 83.3 Å². The van der Waals surface area contributed by atoms with Gasteiger partial charge < -0.3 is 9.84 Å². The first-order valence-electron chi connectivity index (χ1n) is 10.9. The van der Waals surface area contributed by atoms with Crippen LogP contribution in [0.2, 0.25) is 0 Å². The number of phenolic OH excluding ortho intramolecular Hbond substituents is 1. The minimum atomic E-state index is -0.311. The molecule has 0 aliphatic heterocycles. The lowest BCUT2D eigenvalue weighted by molar-refractivity contribution is -0.118. The van der Waals surface area contributed by atoms with Gasteiger partial charge in [-0.2, -0.15) is 5.10 Å². The van der Waals surface area contributed by atoms with Gasteiger partial charge in [-0.15, -0.1) is 10.2 Å². The third kappa shape index (κ3) is 5.85. The number of phenols is 1. The standard InChI is InChI=1S/C25H24N6O3S/c1-3-34-20-12-10-19(11-13-20)31-24(18-7-6-14-26-15-18)29-30-25(31)35-16-23(33)28-27-17(2)21-8-4-5-9-22(21)32/h4-15,32H,3,16H2,1-2H3,(H,28,33). The second-order valence-corrected chi connectivity index (χ2v) is 8.29. The highest BCUT2D eigenvalue weighted by Gasteiger charge is 2.17. The number of carbonyl (C=O) groups excluding carboxylic acids is 1. The normalized spacial score (nSPS) is 11.3. The summed E-state index contributed by atoms with van der Waals surface area (Å²) in [5.74, 6) is 1.23. The molecule has 2 aromatic heterocycles. The smallest absolute Gasteiger partial charge is 0.250 e. The molecule has 9 nitrogen and oxygen atoms in total. The summed E-state index contributed by atoms with van der Waals surface area (Å²) in [5, 5.41) is 23.3. The highest BCUT2D eigenvalue weighted by atomic mass is 32.2. The summed E-state index contributed by atoms with van der Waals surface area (Å²) in [4.78, 5) is 16.7. The second kappa shape index (κ2) is 11.3. The molecule has 2 aromatic carbocycles. The third-order valence-corrected chi connectivity index (χ3v) is 5.86. The van der Waals surface area contributed by atoms with Crippen molar-refractivity contribution in [2.24, 2.45) is 5.10 Å². The zero-order valence-corrected chi connectivity index (χ0v) is 20.1. The van der Waals surface area contributed by atoms with Gasteiger partial charge in [-0.3, -0.25) is 14.3 Å². The van der Waals surface area contributed by atoms with Gasteiger partial charge in [0.05, 0.1) is 18.1 Å². The van der Waals surface area contributed by atoms with Crippen LogP contribution in [0.3, 0.4) is 0 Å². The number of aromatic hydroxyl groups is 1. The Morgan fingerprint density at radius 1 is 1.11 bits per heavy atom. The molecule has 4 aromatic rings. The molecule has 2 heterocycles. The molecular formula is C25H24N6O3S. The van der Waals surface area contributed by atoms with Gasteiger partial charge in [0.1, 0.15) is 11.5 Å². The molecular weight excluding hydrogens is 464 g/mol. The Hall–Kier alpha value is -4.18. The topological polar surface area (TPSA) is 115 Å². The van der Waals surface area contributed by atoms with E-state index in [0.717, 1.165) is 17.0 Å². The number of hydrogen-bond acceptors (Lipinski definition) is 8. The van der Waals surface area contributed by atoms with Crippen molar-refractivity contribution in [2.75, 3.05) is 12.4 Å². The van der Waals surface area contributed by atoms with Gasteiger partial charge in [0.25, 0.3) is 5.91 Å². The first-order chi connectivity index (χ1) is 17.1. The molecule has 0 saturated heterocycles. The highest BCUT2D eigenvalue weighted by molar-refractivity contribution is 7.99. The summed E-state index contributed by atoms with van der Waals surface area (Å²) in [6, 6.07) is 18.1. The van der Waals surface area contributed by atoms with Gasteiger partial charge in [-0.25, -0.2) is 5.43 Å². The van der Waals surface area contributed by atoms with Gasteiger partial charge in [-0.05, 0) is 62.4 Å². The number of pyridine rings is 1. The molecule has 0 aliphatic carbocycles. The lowest BCUT2D eigenvalue weighted by atomic mass is 10.1. The fraction of sp³-hybridized carbons (Fsp3) is 0.160. The van der Waals surface area contributed by atoms with Crippen molar-refractivity contribution in [1.29, 1.82) is 0 Å². The SMILES string of the molecule is CCOc1ccc(-n2c(SCC(=O)NN=C(C)c3ccccc3O)nnc2-c2cccnc2)cc1. The number of benzene rings is 2. The number of aromatic nitrogens is 4. The van der Waals surface area contributed by atoms with E-state index in [-0.39, 0.29) is 17.4 Å². The van der Waals surface area contributed by atoms with Crippen molar-refractivity contribution < 1.29 is 14.6 Å². The average molecular weight is 489 g/mol. The van der Waals surface area contributed by atoms with Gasteiger partial charge in [0.15, 0.2) is 11.0 Å². The van der Waals surface area contributed by atoms with Crippen LogP contribution in [0.4, 0.5) is 0 Å². The molecule has 0 atom stereocenters. The summed E-state index contributed by atoms with van der Waals surface area (Å²) in [6.45, 7) is 4.22. The van der Waals surface area contributed by atoms with Crippen LogP contribution in [0.25, 0.3) is 17.1 Å². The molecule has 1 amide bonds. The van der Waals surface area contributed by atoms with Crippen molar-refractivity contribution in [2.45, 2.75) is 19.0 Å². The minimum Gasteiger partial charge on any atom is -0.507 e. The van der Waals surface area contributed by atoms with Crippen LogP contribution in [0.1, 0.15) is 19.4 Å². The van der Waals surface area contributed by atoms with E-state index in [2.05, 4.69) is 25.7 Å². The monoisotopic (exact) mass is 488 g/mol.